The third-order valence-corrected chi connectivity index (χ3v) is 5.98. The minimum Gasteiger partial charge on any atom is -0.398 e. The van der Waals surface area contributed by atoms with Crippen molar-refractivity contribution in [1.29, 1.82) is 0 Å². The van der Waals surface area contributed by atoms with E-state index in [1.165, 1.54) is 19.3 Å². The molecule has 0 saturated heterocycles. The summed E-state index contributed by atoms with van der Waals surface area (Å²) >= 11 is 0. The number of nitrogen functional groups attached to an aromatic ring is 1. The summed E-state index contributed by atoms with van der Waals surface area (Å²) < 4.78 is 55.3. The summed E-state index contributed by atoms with van der Waals surface area (Å²) in [7, 11) is 0. The molecular weight excluding hydrogens is 480 g/mol. The molecule has 1 heterocycles. The van der Waals surface area contributed by atoms with Crippen LogP contribution in [0.1, 0.15) is 84.5 Å². The van der Waals surface area contributed by atoms with Crippen LogP contribution >= 0.6 is 0 Å². The van der Waals surface area contributed by atoms with E-state index in [2.05, 4.69) is 17.9 Å². The molecule has 1 aromatic heterocycles. The predicted octanol–water partition coefficient (Wildman–Crippen LogP) is 4.43. The third-order valence-electron chi connectivity index (χ3n) is 5.98. The fourth-order valence-corrected chi connectivity index (χ4v) is 4.44. The van der Waals surface area contributed by atoms with E-state index in [0.717, 1.165) is 29.7 Å². The Morgan fingerprint density at radius 2 is 1.75 bits per heavy atom. The Bertz CT molecular complexity index is 1120. The van der Waals surface area contributed by atoms with E-state index in [0.29, 0.717) is 0 Å². The normalized spacial score (nSPS) is 17.2. The fourth-order valence-electron chi connectivity index (χ4n) is 4.44. The number of nitrogens with zero attached hydrogens (tertiary/aromatic N) is 2. The number of rotatable bonds is 2. The van der Waals surface area contributed by atoms with Gasteiger partial charge in [0.05, 0.1) is 28.6 Å². The average molecular weight is 511 g/mol. The summed E-state index contributed by atoms with van der Waals surface area (Å²) in [5.74, 6) is -2.87. The van der Waals surface area contributed by atoms with Gasteiger partial charge in [0.15, 0.2) is 11.5 Å². The lowest BCUT2D eigenvalue weighted by Gasteiger charge is -2.29. The summed E-state index contributed by atoms with van der Waals surface area (Å²) in [5, 5.41) is 12.4. The quantitative estimate of drug-likeness (QED) is 0.313. The Morgan fingerprint density at radius 1 is 1.17 bits per heavy atom. The van der Waals surface area contributed by atoms with Crippen molar-refractivity contribution in [1.82, 2.24) is 9.78 Å². The molecule has 1 amide bonds. The van der Waals surface area contributed by atoms with Gasteiger partial charge < -0.3 is 16.6 Å². The molecule has 196 valence electrons. The Kier molecular flexibility index (Phi) is 8.91. The van der Waals surface area contributed by atoms with E-state index < -0.39 is 45.9 Å². The fraction of sp³-hybridized carbons (Fsp3) is 0.480. The molecule has 36 heavy (non-hydrogen) atoms. The first-order chi connectivity index (χ1) is 16.7. The van der Waals surface area contributed by atoms with Crippen LogP contribution in [0.2, 0.25) is 0 Å². The molecule has 0 atom stereocenters. The van der Waals surface area contributed by atoms with Crippen molar-refractivity contribution in [3.05, 3.63) is 40.5 Å². The number of aromatic nitrogens is 2. The van der Waals surface area contributed by atoms with Gasteiger partial charge in [0.25, 0.3) is 5.91 Å². The number of hydrogen-bond acceptors (Lipinski definition) is 5. The van der Waals surface area contributed by atoms with E-state index in [1.807, 2.05) is 0 Å². The van der Waals surface area contributed by atoms with Crippen LogP contribution in [0.4, 0.5) is 23.2 Å². The number of aliphatic hydroxyl groups excluding tert-OH is 1. The van der Waals surface area contributed by atoms with Gasteiger partial charge in [0.2, 0.25) is 0 Å². The molecule has 0 radical (unpaired) electrons. The van der Waals surface area contributed by atoms with Gasteiger partial charge in [0, 0.05) is 18.2 Å². The first kappa shape index (κ1) is 28.8. The van der Waals surface area contributed by atoms with Crippen molar-refractivity contribution in [3.8, 4) is 18.5 Å². The number of benzene rings is 1. The lowest BCUT2D eigenvalue weighted by atomic mass is 9.75. The molecule has 1 saturated carbocycles. The number of carbonyl (C=O) groups is 2. The number of nitrogens with two attached hydrogens (primary N) is 2. The van der Waals surface area contributed by atoms with Crippen LogP contribution < -0.4 is 11.5 Å². The van der Waals surface area contributed by atoms with Gasteiger partial charge in [-0.05, 0) is 30.7 Å². The molecule has 2 aliphatic carbocycles. The van der Waals surface area contributed by atoms with Crippen molar-refractivity contribution in [2.75, 3.05) is 5.73 Å². The van der Waals surface area contributed by atoms with Gasteiger partial charge in [-0.15, -0.1) is 12.8 Å². The standard InChI is InChI=1S/C17H16F4N4O2.C6H12O.C2H2/c1-16(2)5-10-13(11(26)6-16)14(17(19,20)21)24-25(10)7-3-8(18)12(15(23)27)9(22)4-7;7-6-4-2-1-3-5-6;1-2/h3-4H,5-6,22H2,1-2H3,(H2,23,27);6-7H,1-5H2;1-2H. The highest BCUT2D eigenvalue weighted by atomic mass is 19.4. The SMILES string of the molecule is C#C.CC1(C)CC(=O)c2c(C(F)(F)F)nn(-c3cc(N)c(C(N)=O)c(F)c3)c2C1.OC1CCCCC1. The van der Waals surface area contributed by atoms with Gasteiger partial charge in [0.1, 0.15) is 5.82 Å². The number of hydrogen-bond donors (Lipinski definition) is 3. The van der Waals surface area contributed by atoms with Crippen LogP contribution in [0.25, 0.3) is 5.69 Å². The Balaban J connectivity index is 0.000000431. The number of Topliss-reactive ketones (excluding diaryl/α,β-unsaturated/α-hetero) is 1. The first-order valence-corrected chi connectivity index (χ1v) is 11.3. The molecule has 7 nitrogen and oxygen atoms in total. The van der Waals surface area contributed by atoms with Crippen LogP contribution in [-0.2, 0) is 12.6 Å². The zero-order valence-electron chi connectivity index (χ0n) is 20.2. The molecule has 4 rings (SSSR count). The number of halogens is 4. The molecule has 5 N–H and O–H groups in total. The summed E-state index contributed by atoms with van der Waals surface area (Å²) in [5.41, 5.74) is 7.25. The molecule has 1 aromatic carbocycles. The maximum Gasteiger partial charge on any atom is 0.435 e. The highest BCUT2D eigenvalue weighted by Gasteiger charge is 2.45. The zero-order valence-corrected chi connectivity index (χ0v) is 20.2. The Morgan fingerprint density at radius 3 is 2.19 bits per heavy atom. The number of anilines is 1. The second kappa shape index (κ2) is 11.1. The Hall–Kier alpha value is -3.39. The highest BCUT2D eigenvalue weighted by molar-refractivity contribution is 6.00. The van der Waals surface area contributed by atoms with E-state index in [1.54, 1.807) is 13.8 Å². The van der Waals surface area contributed by atoms with Gasteiger partial charge in [-0.2, -0.15) is 18.3 Å². The molecule has 1 fully saturated rings. The van der Waals surface area contributed by atoms with Gasteiger partial charge in [-0.3, -0.25) is 9.59 Å². The summed E-state index contributed by atoms with van der Waals surface area (Å²) in [6, 6.07) is 1.92. The minimum absolute atomic E-state index is 0.0224. The van der Waals surface area contributed by atoms with Crippen LogP contribution in [0.3, 0.4) is 0 Å². The van der Waals surface area contributed by atoms with Crippen LogP contribution in [0.15, 0.2) is 12.1 Å². The van der Waals surface area contributed by atoms with E-state index in [9.17, 15) is 27.2 Å². The average Bonchev–Trinajstić information content (AvgIpc) is 3.14. The van der Waals surface area contributed by atoms with Crippen LogP contribution in [0.5, 0.6) is 0 Å². The Labute approximate surface area is 206 Å². The topological polar surface area (TPSA) is 124 Å². The lowest BCUT2D eigenvalue weighted by molar-refractivity contribution is -0.141. The molecule has 0 aliphatic heterocycles. The number of ketones is 1. The van der Waals surface area contributed by atoms with E-state index >= 15 is 0 Å². The van der Waals surface area contributed by atoms with Crippen molar-refractivity contribution in [3.63, 3.8) is 0 Å². The summed E-state index contributed by atoms with van der Waals surface area (Å²) in [6.45, 7) is 3.48. The summed E-state index contributed by atoms with van der Waals surface area (Å²) in [4.78, 5) is 23.7. The lowest BCUT2D eigenvalue weighted by Crippen LogP contribution is -2.29. The first-order valence-electron chi connectivity index (χ1n) is 11.3. The van der Waals surface area contributed by atoms with Crippen molar-refractivity contribution >= 4 is 17.4 Å². The number of primary amides is 1. The van der Waals surface area contributed by atoms with Crippen LogP contribution in [0, 0.1) is 24.1 Å². The number of terminal acetylenes is 1. The molecule has 2 aromatic rings. The third kappa shape index (κ3) is 6.43. The van der Waals surface area contributed by atoms with E-state index in [-0.39, 0.29) is 36.0 Å². The van der Waals surface area contributed by atoms with E-state index in [4.69, 9.17) is 16.6 Å². The minimum atomic E-state index is -4.86. The maximum absolute atomic E-state index is 14.2. The van der Waals surface area contributed by atoms with Gasteiger partial charge >= 0.3 is 6.18 Å². The number of amides is 1. The molecule has 2 aliphatic rings. The second-order valence-corrected chi connectivity index (χ2v) is 9.57. The smallest absolute Gasteiger partial charge is 0.398 e. The monoisotopic (exact) mass is 510 g/mol. The summed E-state index contributed by atoms with van der Waals surface area (Å²) in [6.07, 6.45) is 9.12. The number of aliphatic hydroxyl groups is 1. The zero-order chi connectivity index (χ0) is 27.4. The molecule has 0 bridgehead atoms. The van der Waals surface area contributed by atoms with Gasteiger partial charge in [-0.25, -0.2) is 9.07 Å². The maximum atomic E-state index is 14.2. The van der Waals surface area contributed by atoms with Crippen LogP contribution in [-0.4, -0.2) is 32.7 Å². The molecule has 0 spiro atoms. The van der Waals surface area contributed by atoms with Crippen molar-refractivity contribution in [2.24, 2.45) is 11.1 Å². The number of alkyl halides is 3. The largest absolute Gasteiger partial charge is 0.435 e. The molecular formula is C25H30F4N4O3. The second-order valence-electron chi connectivity index (χ2n) is 9.57. The molecule has 0 unspecified atom stereocenters. The number of fused-ring (bicyclic) bond motifs is 1. The van der Waals surface area contributed by atoms with Crippen molar-refractivity contribution < 1.29 is 32.3 Å². The molecule has 11 heteroatoms. The predicted molar refractivity (Wildman–Crippen MR) is 127 cm³/mol. The highest BCUT2D eigenvalue weighted by Crippen LogP contribution is 2.42. The van der Waals surface area contributed by atoms with Crippen molar-refractivity contribution in [2.45, 2.75) is 71.1 Å². The number of carbonyl (C=O) groups excluding carboxylic acids is 2. The van der Waals surface area contributed by atoms with Gasteiger partial charge in [-0.1, -0.05) is 33.1 Å².